The Balaban J connectivity index is 0.00000420. The van der Waals surface area contributed by atoms with Gasteiger partial charge < -0.3 is 24.8 Å². The molecule has 1 aliphatic rings. The van der Waals surface area contributed by atoms with E-state index < -0.39 is 0 Å². The molecule has 1 aromatic carbocycles. The minimum atomic E-state index is 0. The first-order chi connectivity index (χ1) is 13.7. The Morgan fingerprint density at radius 2 is 1.97 bits per heavy atom. The summed E-state index contributed by atoms with van der Waals surface area (Å²) in [5, 5.41) is 6.71. The average Bonchev–Trinajstić information content (AvgIpc) is 2.72. The molecular weight excluding hydrogens is 481 g/mol. The fraction of sp³-hybridized carbons (Fsp3) is 0.682. The van der Waals surface area contributed by atoms with Gasteiger partial charge >= 0.3 is 0 Å². The van der Waals surface area contributed by atoms with E-state index in [1.54, 1.807) is 7.05 Å². The van der Waals surface area contributed by atoms with E-state index in [0.717, 1.165) is 64.7 Å². The molecule has 1 aromatic rings. The lowest BCUT2D eigenvalue weighted by atomic mass is 10.0. The van der Waals surface area contributed by atoms with E-state index in [1.165, 1.54) is 11.1 Å². The normalized spacial score (nSPS) is 15.2. The molecule has 0 aliphatic carbocycles. The lowest BCUT2D eigenvalue weighted by Gasteiger charge is -2.21. The van der Waals surface area contributed by atoms with E-state index in [0.29, 0.717) is 12.5 Å². The lowest BCUT2D eigenvalue weighted by molar-refractivity contribution is 0.0203. The molecule has 0 spiro atoms. The van der Waals surface area contributed by atoms with E-state index in [1.807, 2.05) is 0 Å². The van der Waals surface area contributed by atoms with Crippen molar-refractivity contribution >= 4 is 29.9 Å². The van der Waals surface area contributed by atoms with Crippen LogP contribution in [0.25, 0.3) is 0 Å². The van der Waals surface area contributed by atoms with Crippen molar-refractivity contribution in [3.8, 4) is 0 Å². The first-order valence-corrected chi connectivity index (χ1v) is 10.5. The van der Waals surface area contributed by atoms with Gasteiger partial charge in [0.2, 0.25) is 0 Å². The number of rotatable bonds is 11. The van der Waals surface area contributed by atoms with E-state index in [4.69, 9.17) is 14.2 Å². The Bertz CT molecular complexity index is 578. The number of benzene rings is 1. The first-order valence-electron chi connectivity index (χ1n) is 10.5. The molecule has 2 N–H and O–H groups in total. The van der Waals surface area contributed by atoms with Gasteiger partial charge in [-0.05, 0) is 50.2 Å². The predicted octanol–water partition coefficient (Wildman–Crippen LogP) is 3.73. The maximum Gasteiger partial charge on any atom is 0.191 e. The minimum absolute atomic E-state index is 0. The summed E-state index contributed by atoms with van der Waals surface area (Å²) in [6.07, 6.45) is 3.45. The van der Waals surface area contributed by atoms with Crippen molar-refractivity contribution in [2.45, 2.75) is 52.4 Å². The minimum Gasteiger partial charge on any atom is -0.381 e. The van der Waals surface area contributed by atoms with Gasteiger partial charge in [0.15, 0.2) is 5.96 Å². The van der Waals surface area contributed by atoms with Gasteiger partial charge in [-0.3, -0.25) is 4.99 Å². The second-order valence-electron chi connectivity index (χ2n) is 7.52. The molecule has 7 heteroatoms. The van der Waals surface area contributed by atoms with Gasteiger partial charge in [0.25, 0.3) is 0 Å². The molecule has 0 saturated carbocycles. The highest BCUT2D eigenvalue weighted by molar-refractivity contribution is 14.0. The van der Waals surface area contributed by atoms with Crippen LogP contribution in [0.3, 0.4) is 0 Å². The predicted molar refractivity (Wildman–Crippen MR) is 129 cm³/mol. The van der Waals surface area contributed by atoms with Crippen LogP contribution in [0, 0.1) is 5.92 Å². The van der Waals surface area contributed by atoms with Crippen LogP contribution in [0.5, 0.6) is 0 Å². The van der Waals surface area contributed by atoms with Gasteiger partial charge in [-0.2, -0.15) is 0 Å². The van der Waals surface area contributed by atoms with Crippen LogP contribution in [0.4, 0.5) is 0 Å². The van der Waals surface area contributed by atoms with Crippen molar-refractivity contribution in [3.63, 3.8) is 0 Å². The smallest absolute Gasteiger partial charge is 0.191 e. The molecule has 166 valence electrons. The molecule has 29 heavy (non-hydrogen) atoms. The fourth-order valence-electron chi connectivity index (χ4n) is 3.04. The molecule has 0 amide bonds. The van der Waals surface area contributed by atoms with Crippen LogP contribution in [0.2, 0.25) is 0 Å². The van der Waals surface area contributed by atoms with E-state index in [-0.39, 0.29) is 30.1 Å². The van der Waals surface area contributed by atoms with E-state index in [9.17, 15) is 0 Å². The zero-order chi connectivity index (χ0) is 20.0. The van der Waals surface area contributed by atoms with E-state index in [2.05, 4.69) is 53.7 Å². The summed E-state index contributed by atoms with van der Waals surface area (Å²) >= 11 is 0. The highest BCUT2D eigenvalue weighted by Crippen LogP contribution is 2.14. The Kier molecular flexibility index (Phi) is 14.3. The van der Waals surface area contributed by atoms with Gasteiger partial charge in [0, 0.05) is 46.6 Å². The zero-order valence-electron chi connectivity index (χ0n) is 18.1. The molecule has 6 nitrogen and oxygen atoms in total. The number of hydrogen-bond acceptors (Lipinski definition) is 4. The highest BCUT2D eigenvalue weighted by atomic mass is 127. The summed E-state index contributed by atoms with van der Waals surface area (Å²) in [5.74, 6) is 1.48. The van der Waals surface area contributed by atoms with Crippen molar-refractivity contribution in [1.29, 1.82) is 0 Å². The average molecular weight is 519 g/mol. The molecule has 0 unspecified atom stereocenters. The van der Waals surface area contributed by atoms with Crippen molar-refractivity contribution in [2.75, 3.05) is 40.0 Å². The van der Waals surface area contributed by atoms with E-state index >= 15 is 0 Å². The Hall–Kier alpha value is -0.900. The number of guanidine groups is 1. The monoisotopic (exact) mass is 519 g/mol. The summed E-state index contributed by atoms with van der Waals surface area (Å²) in [4.78, 5) is 4.29. The number of ether oxygens (including phenoxy) is 3. The summed E-state index contributed by atoms with van der Waals surface area (Å²) in [6, 6.07) is 8.46. The Labute approximate surface area is 193 Å². The van der Waals surface area contributed by atoms with Crippen LogP contribution in [0.1, 0.15) is 44.2 Å². The number of nitrogens with zero attached hydrogens (tertiary/aromatic N) is 1. The standard InChI is InChI=1S/C22H37N3O3.HI/c1-18(2)28-17-21-7-4-6-20(14-21)15-25-22(23-3)24-10-5-11-27-16-19-8-12-26-13-9-19;/h4,6-7,14,18-19H,5,8-13,15-17H2,1-3H3,(H2,23,24,25);1H. The number of aliphatic imine (C=N–C) groups is 1. The molecule has 1 saturated heterocycles. The van der Waals surface area contributed by atoms with Crippen molar-refractivity contribution in [3.05, 3.63) is 35.4 Å². The second kappa shape index (κ2) is 15.9. The Morgan fingerprint density at radius 1 is 1.21 bits per heavy atom. The van der Waals surface area contributed by atoms with Crippen LogP contribution >= 0.6 is 24.0 Å². The summed E-state index contributed by atoms with van der Waals surface area (Å²) in [7, 11) is 1.80. The number of nitrogens with one attached hydrogen (secondary N) is 2. The van der Waals surface area contributed by atoms with Gasteiger partial charge in [-0.15, -0.1) is 24.0 Å². The molecule has 1 fully saturated rings. The zero-order valence-corrected chi connectivity index (χ0v) is 20.4. The van der Waals surface area contributed by atoms with Crippen molar-refractivity contribution < 1.29 is 14.2 Å². The van der Waals surface area contributed by atoms with Crippen LogP contribution in [-0.2, 0) is 27.4 Å². The quantitative estimate of drug-likeness (QED) is 0.202. The van der Waals surface area contributed by atoms with Gasteiger partial charge in [-0.25, -0.2) is 0 Å². The summed E-state index contributed by atoms with van der Waals surface area (Å²) in [5.41, 5.74) is 2.41. The molecule has 1 aliphatic heterocycles. The molecule has 1 heterocycles. The number of hydrogen-bond donors (Lipinski definition) is 2. The van der Waals surface area contributed by atoms with Crippen molar-refractivity contribution in [2.24, 2.45) is 10.9 Å². The van der Waals surface area contributed by atoms with Gasteiger partial charge in [0.05, 0.1) is 12.7 Å². The fourth-order valence-corrected chi connectivity index (χ4v) is 3.04. The van der Waals surface area contributed by atoms with Gasteiger partial charge in [-0.1, -0.05) is 24.3 Å². The largest absolute Gasteiger partial charge is 0.381 e. The third-order valence-electron chi connectivity index (χ3n) is 4.71. The van der Waals surface area contributed by atoms with Crippen LogP contribution in [-0.4, -0.2) is 52.1 Å². The third-order valence-corrected chi connectivity index (χ3v) is 4.71. The van der Waals surface area contributed by atoms with Crippen molar-refractivity contribution in [1.82, 2.24) is 10.6 Å². The first kappa shape index (κ1) is 26.1. The number of halogens is 1. The lowest BCUT2D eigenvalue weighted by Crippen LogP contribution is -2.37. The molecule has 0 radical (unpaired) electrons. The SMILES string of the molecule is CN=C(NCCCOCC1CCOCC1)NCc1cccc(COC(C)C)c1.I. The molecule has 0 atom stereocenters. The topological polar surface area (TPSA) is 64.1 Å². The van der Waals surface area contributed by atoms with Crippen LogP contribution < -0.4 is 10.6 Å². The maximum atomic E-state index is 5.80. The molecular formula is C22H38IN3O3. The summed E-state index contributed by atoms with van der Waals surface area (Å²) in [6.45, 7) is 9.72. The van der Waals surface area contributed by atoms with Crippen LogP contribution in [0.15, 0.2) is 29.3 Å². The molecule has 2 rings (SSSR count). The van der Waals surface area contributed by atoms with Gasteiger partial charge in [0.1, 0.15) is 0 Å². The molecule has 0 bridgehead atoms. The Morgan fingerprint density at radius 3 is 2.69 bits per heavy atom. The third kappa shape index (κ3) is 11.8. The summed E-state index contributed by atoms with van der Waals surface area (Å²) < 4.78 is 16.9. The maximum absolute atomic E-state index is 5.80. The molecule has 0 aromatic heterocycles. The second-order valence-corrected chi connectivity index (χ2v) is 7.52. The highest BCUT2D eigenvalue weighted by Gasteiger charge is 2.13.